The second kappa shape index (κ2) is 13.4. The Balaban J connectivity index is 1.28. The maximum Gasteiger partial charge on any atom is 0.300 e. The summed E-state index contributed by atoms with van der Waals surface area (Å²) < 4.78 is 17.0. The highest BCUT2D eigenvalue weighted by molar-refractivity contribution is 6.11. The summed E-state index contributed by atoms with van der Waals surface area (Å²) in [5.41, 5.74) is 3.88. The number of carbonyl (C=O) groups is 1. The fourth-order valence-electron chi connectivity index (χ4n) is 6.38. The second-order valence-corrected chi connectivity index (χ2v) is 11.6. The zero-order chi connectivity index (χ0) is 29.6. The molecule has 2 saturated carbocycles. The fraction of sp³-hybridized carbons (Fsp3) is 0.389. The van der Waals surface area contributed by atoms with Crippen LogP contribution in [0.5, 0.6) is 11.5 Å². The largest absolute Gasteiger partial charge is 0.497 e. The van der Waals surface area contributed by atoms with Gasteiger partial charge in [0.1, 0.15) is 11.5 Å². The smallest absolute Gasteiger partial charge is 0.300 e. The second-order valence-electron chi connectivity index (χ2n) is 11.6. The monoisotopic (exact) mass is 579 g/mol. The quantitative estimate of drug-likeness (QED) is 0.251. The molecule has 0 bridgehead atoms. The average molecular weight is 580 g/mol. The number of benzene rings is 3. The number of amides is 1. The molecule has 3 aromatic carbocycles. The van der Waals surface area contributed by atoms with Crippen molar-refractivity contribution in [1.29, 1.82) is 0 Å². The van der Waals surface area contributed by atoms with E-state index in [4.69, 9.17) is 19.2 Å². The number of methoxy groups -OCH3 is 2. The van der Waals surface area contributed by atoms with Gasteiger partial charge in [0.15, 0.2) is 5.76 Å². The van der Waals surface area contributed by atoms with Gasteiger partial charge in [0.25, 0.3) is 5.91 Å². The molecule has 3 aromatic rings. The van der Waals surface area contributed by atoms with Crippen molar-refractivity contribution in [1.82, 2.24) is 4.90 Å². The van der Waals surface area contributed by atoms with Crippen LogP contribution in [0.1, 0.15) is 69.8 Å². The third kappa shape index (κ3) is 6.56. The van der Waals surface area contributed by atoms with E-state index in [9.17, 15) is 4.79 Å². The van der Waals surface area contributed by atoms with Crippen LogP contribution >= 0.6 is 0 Å². The van der Waals surface area contributed by atoms with Crippen LogP contribution in [0.15, 0.2) is 83.5 Å². The normalized spacial score (nSPS) is 20.0. The first-order valence-corrected chi connectivity index (χ1v) is 15.6. The van der Waals surface area contributed by atoms with Crippen LogP contribution in [0, 0.1) is 0 Å². The van der Waals surface area contributed by atoms with Crippen molar-refractivity contribution in [2.45, 2.75) is 76.3 Å². The summed E-state index contributed by atoms with van der Waals surface area (Å²) in [6.07, 6.45) is 13.2. The predicted molar refractivity (Wildman–Crippen MR) is 171 cm³/mol. The highest BCUT2D eigenvalue weighted by Gasteiger charge is 2.40. The first-order chi connectivity index (χ1) is 21.1. The summed E-state index contributed by atoms with van der Waals surface area (Å²) in [6.45, 7) is 0. The van der Waals surface area contributed by atoms with Crippen LogP contribution in [0.3, 0.4) is 0 Å². The van der Waals surface area contributed by atoms with E-state index in [1.165, 1.54) is 25.7 Å². The van der Waals surface area contributed by atoms with E-state index in [0.29, 0.717) is 11.8 Å². The summed E-state index contributed by atoms with van der Waals surface area (Å²) in [4.78, 5) is 22.8. The number of amidine groups is 1. The standard InChI is InChI=1S/C36H41N3O4/c1-41-32-21-17-30(18-22-32)38(31-19-23-33(42-2)24-20-31)29-15-13-26(14-16-29)25-34-35(40)39(28-11-7-4-8-12-28)36(43-34)37-27-9-5-3-6-10-27/h13-25,27-28H,3-12H2,1-2H3. The summed E-state index contributed by atoms with van der Waals surface area (Å²) in [6, 6.07) is 25.1. The molecule has 0 radical (unpaired) electrons. The molecular weight excluding hydrogens is 538 g/mol. The van der Waals surface area contributed by atoms with Crippen LogP contribution in [-0.2, 0) is 9.53 Å². The van der Waals surface area contributed by atoms with E-state index in [2.05, 4.69) is 17.0 Å². The van der Waals surface area contributed by atoms with Crippen LogP contribution in [0.2, 0.25) is 0 Å². The molecule has 3 aliphatic rings. The van der Waals surface area contributed by atoms with Crippen LogP contribution in [0.25, 0.3) is 6.08 Å². The van der Waals surface area contributed by atoms with E-state index in [1.54, 1.807) is 14.2 Å². The van der Waals surface area contributed by atoms with E-state index in [-0.39, 0.29) is 18.0 Å². The molecule has 1 heterocycles. The van der Waals surface area contributed by atoms with E-state index in [1.807, 2.05) is 71.6 Å². The zero-order valence-corrected chi connectivity index (χ0v) is 25.2. The van der Waals surface area contributed by atoms with Gasteiger partial charge in [-0.25, -0.2) is 4.99 Å². The molecular formula is C36H41N3O4. The molecule has 0 aromatic heterocycles. The minimum atomic E-state index is -0.0661. The first kappa shape index (κ1) is 28.8. The fourth-order valence-corrected chi connectivity index (χ4v) is 6.38. The zero-order valence-electron chi connectivity index (χ0n) is 25.2. The molecule has 7 heteroatoms. The van der Waals surface area contributed by atoms with Gasteiger partial charge >= 0.3 is 6.02 Å². The van der Waals surface area contributed by atoms with Crippen molar-refractivity contribution < 1.29 is 19.0 Å². The lowest BCUT2D eigenvalue weighted by Crippen LogP contribution is -2.41. The Kier molecular flexibility index (Phi) is 8.96. The molecule has 0 unspecified atom stereocenters. The molecule has 3 fully saturated rings. The van der Waals surface area contributed by atoms with Crippen molar-refractivity contribution in [2.75, 3.05) is 19.1 Å². The lowest BCUT2D eigenvalue weighted by molar-refractivity contribution is -0.124. The molecule has 43 heavy (non-hydrogen) atoms. The van der Waals surface area contributed by atoms with Crippen LogP contribution < -0.4 is 14.4 Å². The third-order valence-electron chi connectivity index (χ3n) is 8.75. The third-order valence-corrected chi connectivity index (χ3v) is 8.75. The number of rotatable bonds is 8. The molecule has 0 spiro atoms. The van der Waals surface area contributed by atoms with Gasteiger partial charge in [0, 0.05) is 23.1 Å². The number of hydrogen-bond donors (Lipinski definition) is 0. The number of ether oxygens (including phenoxy) is 3. The Morgan fingerprint density at radius 1 is 0.721 bits per heavy atom. The van der Waals surface area contributed by atoms with Gasteiger partial charge in [0.2, 0.25) is 0 Å². The van der Waals surface area contributed by atoms with Gasteiger partial charge in [-0.05, 0) is 98.0 Å². The first-order valence-electron chi connectivity index (χ1n) is 15.6. The van der Waals surface area contributed by atoms with Crippen molar-refractivity contribution >= 4 is 35.1 Å². The van der Waals surface area contributed by atoms with Crippen molar-refractivity contribution in [2.24, 2.45) is 4.99 Å². The lowest BCUT2D eigenvalue weighted by atomic mass is 9.94. The maximum absolute atomic E-state index is 13.7. The Morgan fingerprint density at radius 2 is 1.21 bits per heavy atom. The SMILES string of the molecule is COc1ccc(N(c2ccc(C=C3OC(=NC4CCCCC4)N(C4CCCCC4)C3=O)cc2)c2ccc(OC)cc2)cc1. The van der Waals surface area contributed by atoms with Crippen LogP contribution in [0.4, 0.5) is 17.1 Å². The molecule has 1 saturated heterocycles. The summed E-state index contributed by atoms with van der Waals surface area (Å²) >= 11 is 0. The van der Waals surface area contributed by atoms with E-state index >= 15 is 0 Å². The van der Waals surface area contributed by atoms with E-state index in [0.717, 1.165) is 72.6 Å². The van der Waals surface area contributed by atoms with Gasteiger partial charge in [0.05, 0.1) is 20.3 Å². The van der Waals surface area contributed by atoms with Gasteiger partial charge in [-0.2, -0.15) is 0 Å². The predicted octanol–water partition coefficient (Wildman–Crippen LogP) is 8.39. The van der Waals surface area contributed by atoms with Crippen LogP contribution in [-0.4, -0.2) is 43.1 Å². The van der Waals surface area contributed by atoms with Gasteiger partial charge in [-0.1, -0.05) is 50.7 Å². The van der Waals surface area contributed by atoms with E-state index < -0.39 is 0 Å². The molecule has 6 rings (SSSR count). The van der Waals surface area contributed by atoms with Gasteiger partial charge < -0.3 is 19.1 Å². The summed E-state index contributed by atoms with van der Waals surface area (Å²) in [5.74, 6) is 1.89. The minimum absolute atomic E-state index is 0.0661. The molecule has 224 valence electrons. The Hall–Kier alpha value is -4.26. The van der Waals surface area contributed by atoms with Gasteiger partial charge in [-0.15, -0.1) is 0 Å². The minimum Gasteiger partial charge on any atom is -0.497 e. The number of carbonyl (C=O) groups excluding carboxylic acids is 1. The summed E-state index contributed by atoms with van der Waals surface area (Å²) in [5, 5.41) is 0. The van der Waals surface area contributed by atoms with Gasteiger partial charge in [-0.3, -0.25) is 9.69 Å². The topological polar surface area (TPSA) is 63.6 Å². The number of anilines is 3. The maximum atomic E-state index is 13.7. The lowest BCUT2D eigenvalue weighted by Gasteiger charge is -2.29. The number of aliphatic imine (C=N–C) groups is 1. The van der Waals surface area contributed by atoms with Crippen molar-refractivity contribution in [3.8, 4) is 11.5 Å². The summed E-state index contributed by atoms with van der Waals surface area (Å²) in [7, 11) is 3.34. The molecule has 1 amide bonds. The Bertz CT molecular complexity index is 1390. The Morgan fingerprint density at radius 3 is 1.72 bits per heavy atom. The number of hydrogen-bond acceptors (Lipinski definition) is 6. The number of nitrogens with zero attached hydrogens (tertiary/aromatic N) is 3. The molecule has 2 aliphatic carbocycles. The van der Waals surface area contributed by atoms with Crippen molar-refractivity contribution in [3.63, 3.8) is 0 Å². The molecule has 0 atom stereocenters. The molecule has 7 nitrogen and oxygen atoms in total. The van der Waals surface area contributed by atoms with Crippen molar-refractivity contribution in [3.05, 3.63) is 84.1 Å². The highest BCUT2D eigenvalue weighted by Crippen LogP contribution is 2.37. The average Bonchev–Trinajstić information content (AvgIpc) is 3.37. The molecule has 1 aliphatic heterocycles. The Labute approximate surface area is 254 Å². The highest BCUT2D eigenvalue weighted by atomic mass is 16.5. The molecule has 0 N–H and O–H groups in total.